The van der Waals surface area contributed by atoms with Gasteiger partial charge < -0.3 is 9.32 Å². The molecule has 0 bridgehead atoms. The molecule has 0 saturated carbocycles. The van der Waals surface area contributed by atoms with Crippen molar-refractivity contribution < 1.29 is 4.42 Å². The number of nitrogens with zero attached hydrogens (tertiary/aromatic N) is 2. The predicted molar refractivity (Wildman–Crippen MR) is 210 cm³/mol. The summed E-state index contributed by atoms with van der Waals surface area (Å²) in [6.45, 7) is 0. The van der Waals surface area contributed by atoms with E-state index in [1.807, 2.05) is 24.4 Å². The average molecular weight is 639 g/mol. The lowest BCUT2D eigenvalue weighted by atomic mass is 9.97. The third-order valence-corrected chi connectivity index (χ3v) is 9.86. The standard InChI is InChI=1S/C47H30N2O/c1-3-19-38-31(11-1)13-9-22-40(38)33-15-7-17-35(27-33)49(36-18-8-16-34(28-36)41-23-10-14-32-12-2-4-20-39(32)41)37-25-26-45-43(29-37)47-44(30-48-45)42-21-5-6-24-46(42)50-47/h1-30H. The quantitative estimate of drug-likeness (QED) is 0.188. The minimum Gasteiger partial charge on any atom is -0.455 e. The second-order valence-corrected chi connectivity index (χ2v) is 12.8. The van der Waals surface area contributed by atoms with Crippen LogP contribution in [0.4, 0.5) is 17.1 Å². The zero-order valence-corrected chi connectivity index (χ0v) is 27.1. The maximum Gasteiger partial charge on any atom is 0.146 e. The van der Waals surface area contributed by atoms with Crippen LogP contribution in [0.3, 0.4) is 0 Å². The molecule has 0 N–H and O–H groups in total. The lowest BCUT2D eigenvalue weighted by Gasteiger charge is -2.27. The Morgan fingerprint density at radius 2 is 0.940 bits per heavy atom. The van der Waals surface area contributed by atoms with Crippen molar-refractivity contribution in [2.24, 2.45) is 0 Å². The van der Waals surface area contributed by atoms with Crippen LogP contribution in [0.25, 0.3) is 76.6 Å². The van der Waals surface area contributed by atoms with Gasteiger partial charge in [0.25, 0.3) is 0 Å². The van der Waals surface area contributed by atoms with Gasteiger partial charge in [0, 0.05) is 39.4 Å². The number of anilines is 3. The van der Waals surface area contributed by atoms with E-state index in [0.29, 0.717) is 0 Å². The zero-order valence-electron chi connectivity index (χ0n) is 27.1. The first-order chi connectivity index (χ1) is 24.8. The van der Waals surface area contributed by atoms with Gasteiger partial charge in [0.2, 0.25) is 0 Å². The van der Waals surface area contributed by atoms with Gasteiger partial charge >= 0.3 is 0 Å². The second-order valence-electron chi connectivity index (χ2n) is 12.8. The Bertz CT molecular complexity index is 2770. The molecule has 8 aromatic carbocycles. The van der Waals surface area contributed by atoms with Gasteiger partial charge in [-0.3, -0.25) is 4.98 Å². The topological polar surface area (TPSA) is 29.3 Å². The summed E-state index contributed by atoms with van der Waals surface area (Å²) in [5, 5.41) is 8.01. The molecule has 0 aliphatic rings. The molecule has 0 saturated heterocycles. The van der Waals surface area contributed by atoms with E-state index in [-0.39, 0.29) is 0 Å². The lowest BCUT2D eigenvalue weighted by Crippen LogP contribution is -2.10. The number of pyridine rings is 1. The van der Waals surface area contributed by atoms with Crippen molar-refractivity contribution in [2.75, 3.05) is 4.90 Å². The van der Waals surface area contributed by atoms with Crippen LogP contribution in [0.15, 0.2) is 187 Å². The van der Waals surface area contributed by atoms with Crippen LogP contribution in [0.1, 0.15) is 0 Å². The minimum atomic E-state index is 0.854. The normalized spacial score (nSPS) is 11.6. The summed E-state index contributed by atoms with van der Waals surface area (Å²) < 4.78 is 6.49. The van der Waals surface area contributed by atoms with Gasteiger partial charge in [-0.25, -0.2) is 0 Å². The number of aromatic nitrogens is 1. The van der Waals surface area contributed by atoms with Gasteiger partial charge in [0.05, 0.1) is 5.52 Å². The number of fused-ring (bicyclic) bond motifs is 7. The molecule has 10 aromatic rings. The molecule has 2 aromatic heterocycles. The molecule has 2 heterocycles. The van der Waals surface area contributed by atoms with E-state index in [2.05, 4.69) is 163 Å². The van der Waals surface area contributed by atoms with Crippen LogP contribution in [0, 0.1) is 0 Å². The number of hydrogen-bond donors (Lipinski definition) is 0. The van der Waals surface area contributed by atoms with Gasteiger partial charge in [-0.2, -0.15) is 0 Å². The van der Waals surface area contributed by atoms with Crippen molar-refractivity contribution in [1.29, 1.82) is 0 Å². The summed E-state index contributed by atoms with van der Waals surface area (Å²) in [5.74, 6) is 0. The Morgan fingerprint density at radius 3 is 1.60 bits per heavy atom. The highest BCUT2D eigenvalue weighted by Crippen LogP contribution is 2.42. The van der Waals surface area contributed by atoms with Crippen LogP contribution in [-0.2, 0) is 0 Å². The molecule has 0 aliphatic carbocycles. The lowest BCUT2D eigenvalue weighted by molar-refractivity contribution is 0.672. The monoisotopic (exact) mass is 638 g/mol. The summed E-state index contributed by atoms with van der Waals surface area (Å²) >= 11 is 0. The molecule has 234 valence electrons. The molecule has 50 heavy (non-hydrogen) atoms. The van der Waals surface area contributed by atoms with E-state index in [1.54, 1.807) is 0 Å². The second kappa shape index (κ2) is 11.5. The van der Waals surface area contributed by atoms with Crippen molar-refractivity contribution >= 4 is 71.4 Å². The third kappa shape index (κ3) is 4.63. The first kappa shape index (κ1) is 28.3. The van der Waals surface area contributed by atoms with Crippen molar-refractivity contribution in [3.05, 3.63) is 182 Å². The molecule has 0 fully saturated rings. The number of rotatable bonds is 5. The highest BCUT2D eigenvalue weighted by Gasteiger charge is 2.18. The maximum atomic E-state index is 6.49. The van der Waals surface area contributed by atoms with Gasteiger partial charge in [0.1, 0.15) is 11.2 Å². The highest BCUT2D eigenvalue weighted by atomic mass is 16.3. The fourth-order valence-corrected chi connectivity index (χ4v) is 7.51. The van der Waals surface area contributed by atoms with Crippen LogP contribution in [0.5, 0.6) is 0 Å². The smallest absolute Gasteiger partial charge is 0.146 e. The van der Waals surface area contributed by atoms with E-state index in [1.165, 1.54) is 32.7 Å². The summed E-state index contributed by atoms with van der Waals surface area (Å²) in [6.07, 6.45) is 1.93. The highest BCUT2D eigenvalue weighted by molar-refractivity contribution is 6.14. The molecule has 0 atom stereocenters. The number of para-hydroxylation sites is 1. The average Bonchev–Trinajstić information content (AvgIpc) is 3.57. The first-order valence-corrected chi connectivity index (χ1v) is 17.0. The van der Waals surface area contributed by atoms with Crippen molar-refractivity contribution in [1.82, 2.24) is 4.98 Å². The first-order valence-electron chi connectivity index (χ1n) is 17.0. The number of benzene rings is 8. The van der Waals surface area contributed by atoms with Crippen molar-refractivity contribution in [3.63, 3.8) is 0 Å². The molecule has 0 unspecified atom stereocenters. The van der Waals surface area contributed by atoms with E-state index in [4.69, 9.17) is 9.40 Å². The molecular formula is C47H30N2O. The van der Waals surface area contributed by atoms with Crippen molar-refractivity contribution in [3.8, 4) is 22.3 Å². The molecule has 3 nitrogen and oxygen atoms in total. The molecule has 0 aliphatic heterocycles. The van der Waals surface area contributed by atoms with Gasteiger partial charge in [0.15, 0.2) is 0 Å². The third-order valence-electron chi connectivity index (χ3n) is 9.86. The fraction of sp³-hybridized carbons (Fsp3) is 0. The Morgan fingerprint density at radius 1 is 0.400 bits per heavy atom. The van der Waals surface area contributed by atoms with Gasteiger partial charge in [-0.05, 0) is 92.3 Å². The molecule has 3 heteroatoms. The summed E-state index contributed by atoms with van der Waals surface area (Å²) in [5.41, 5.74) is 10.5. The summed E-state index contributed by atoms with van der Waals surface area (Å²) in [7, 11) is 0. The molecule has 0 spiro atoms. The molecule has 0 radical (unpaired) electrons. The van der Waals surface area contributed by atoms with E-state index in [0.717, 1.165) is 61.0 Å². The Kier molecular flexibility index (Phi) is 6.49. The molecule has 0 amide bonds. The largest absolute Gasteiger partial charge is 0.455 e. The Hall–Kier alpha value is -6.71. The number of hydrogen-bond acceptors (Lipinski definition) is 3. The van der Waals surface area contributed by atoms with Crippen LogP contribution >= 0.6 is 0 Å². The van der Waals surface area contributed by atoms with E-state index in [9.17, 15) is 0 Å². The Labute approximate surface area is 289 Å². The molecule has 10 rings (SSSR count). The fourth-order valence-electron chi connectivity index (χ4n) is 7.51. The van der Waals surface area contributed by atoms with Crippen molar-refractivity contribution in [2.45, 2.75) is 0 Å². The predicted octanol–water partition coefficient (Wildman–Crippen LogP) is 13.2. The van der Waals surface area contributed by atoms with Crippen LogP contribution in [0.2, 0.25) is 0 Å². The van der Waals surface area contributed by atoms with E-state index >= 15 is 0 Å². The molecular weight excluding hydrogens is 609 g/mol. The van der Waals surface area contributed by atoms with Gasteiger partial charge in [-0.1, -0.05) is 127 Å². The maximum absolute atomic E-state index is 6.49. The SMILES string of the molecule is c1cc(-c2cccc3ccccc23)cc(N(c2cccc(-c3cccc4ccccc34)c2)c2ccc3ncc4c5ccccc5oc4c3c2)c1. The van der Waals surface area contributed by atoms with Gasteiger partial charge in [-0.15, -0.1) is 0 Å². The Balaban J connectivity index is 1.20. The minimum absolute atomic E-state index is 0.854. The van der Waals surface area contributed by atoms with E-state index < -0.39 is 0 Å². The van der Waals surface area contributed by atoms with Crippen LogP contribution < -0.4 is 4.90 Å². The summed E-state index contributed by atoms with van der Waals surface area (Å²) in [4.78, 5) is 7.22. The zero-order chi connectivity index (χ0) is 33.0. The summed E-state index contributed by atoms with van der Waals surface area (Å²) in [6, 6.07) is 62.7. The number of furan rings is 1. The van der Waals surface area contributed by atoms with Crippen LogP contribution in [-0.4, -0.2) is 4.98 Å².